The number of hydrogen-bond donors (Lipinski definition) is 1. The zero-order valence-corrected chi connectivity index (χ0v) is 14.3. The number of aryl methyl sites for hydroxylation is 1. The van der Waals surface area contributed by atoms with E-state index < -0.39 is 17.5 Å². The summed E-state index contributed by atoms with van der Waals surface area (Å²) in [6.45, 7) is 1.81. The highest BCUT2D eigenvalue weighted by molar-refractivity contribution is 6.36. The van der Waals surface area contributed by atoms with Crippen LogP contribution in [0.1, 0.15) is 16.8 Å². The van der Waals surface area contributed by atoms with Crippen molar-refractivity contribution in [2.75, 3.05) is 0 Å². The number of aromatic nitrogens is 3. The molecule has 3 aromatic rings. The van der Waals surface area contributed by atoms with Crippen LogP contribution < -0.4 is 0 Å². The second kappa shape index (κ2) is 6.24. The number of pyridine rings is 1. The molecule has 0 aliphatic rings. The van der Waals surface area contributed by atoms with Crippen LogP contribution in [0.2, 0.25) is 10.0 Å². The fourth-order valence-corrected chi connectivity index (χ4v) is 2.98. The molecule has 0 saturated heterocycles. The van der Waals surface area contributed by atoms with Gasteiger partial charge in [-0.15, -0.1) is 0 Å². The molecule has 0 unspecified atom stereocenters. The van der Waals surface area contributed by atoms with E-state index in [9.17, 15) is 13.6 Å². The molecule has 1 aromatic carbocycles. The van der Waals surface area contributed by atoms with Gasteiger partial charge in [-0.05, 0) is 25.1 Å². The molecule has 0 fully saturated rings. The highest BCUT2D eigenvalue weighted by Gasteiger charge is 2.41. The Morgan fingerprint density at radius 2 is 1.96 bits per heavy atom. The minimum absolute atomic E-state index is 0.132. The van der Waals surface area contributed by atoms with Crippen molar-refractivity contribution < 1.29 is 18.7 Å². The van der Waals surface area contributed by atoms with E-state index in [2.05, 4.69) is 10.1 Å². The smallest absolute Gasteiger partial charge is 0.379 e. The maximum Gasteiger partial charge on any atom is 0.379 e. The summed E-state index contributed by atoms with van der Waals surface area (Å²) in [5.41, 5.74) is 1.04. The lowest BCUT2D eigenvalue weighted by molar-refractivity contribution is -0.166. The molecule has 0 spiro atoms. The van der Waals surface area contributed by atoms with Crippen molar-refractivity contribution in [3.05, 3.63) is 57.3 Å². The van der Waals surface area contributed by atoms with Crippen LogP contribution in [0.3, 0.4) is 0 Å². The third-order valence-corrected chi connectivity index (χ3v) is 4.47. The minimum Gasteiger partial charge on any atom is -0.477 e. The van der Waals surface area contributed by atoms with Crippen LogP contribution >= 0.6 is 23.2 Å². The fourth-order valence-electron chi connectivity index (χ4n) is 2.46. The molecular formula is C16H11Cl2F2N3O2. The lowest BCUT2D eigenvalue weighted by Gasteiger charge is -2.12. The number of fused-ring (bicyclic) bond motifs is 1. The number of rotatable bonds is 4. The van der Waals surface area contributed by atoms with Gasteiger partial charge in [-0.3, -0.25) is 9.67 Å². The molecule has 3 rings (SSSR count). The zero-order chi connectivity index (χ0) is 18.4. The van der Waals surface area contributed by atoms with Gasteiger partial charge in [0.15, 0.2) is 0 Å². The standard InChI is InChI=1S/C16H11Cl2F2N3O2/c1-8-14-13(5-9(6-21-14)16(19,20)15(24)25)23(22-8)7-10-11(17)3-2-4-12(10)18/h2-6H,7H2,1H3,(H,24,25). The number of halogens is 4. The summed E-state index contributed by atoms with van der Waals surface area (Å²) in [6.07, 6.45) is 0.845. The normalized spacial score (nSPS) is 11.9. The number of alkyl halides is 2. The van der Waals surface area contributed by atoms with Crippen LogP contribution in [-0.2, 0) is 17.3 Å². The summed E-state index contributed by atoms with van der Waals surface area (Å²) in [4.78, 5) is 14.7. The molecular weight excluding hydrogens is 375 g/mol. The van der Waals surface area contributed by atoms with Crippen molar-refractivity contribution in [1.29, 1.82) is 0 Å². The van der Waals surface area contributed by atoms with Crippen molar-refractivity contribution in [2.24, 2.45) is 0 Å². The summed E-state index contributed by atoms with van der Waals surface area (Å²) < 4.78 is 29.0. The SMILES string of the molecule is Cc1nn(Cc2c(Cl)cccc2Cl)c2cc(C(F)(F)C(=O)O)cnc12. The van der Waals surface area contributed by atoms with Gasteiger partial charge in [-0.2, -0.15) is 13.9 Å². The van der Waals surface area contributed by atoms with Gasteiger partial charge < -0.3 is 5.11 Å². The number of carboxylic acid groups (broad SMARTS) is 1. The van der Waals surface area contributed by atoms with Crippen molar-refractivity contribution >= 4 is 40.2 Å². The molecule has 0 saturated carbocycles. The van der Waals surface area contributed by atoms with Gasteiger partial charge in [-0.25, -0.2) is 4.79 Å². The van der Waals surface area contributed by atoms with Gasteiger partial charge >= 0.3 is 11.9 Å². The van der Waals surface area contributed by atoms with Crippen LogP contribution in [0.4, 0.5) is 8.78 Å². The van der Waals surface area contributed by atoms with Crippen LogP contribution in [-0.4, -0.2) is 25.8 Å². The molecule has 0 radical (unpaired) electrons. The van der Waals surface area contributed by atoms with Gasteiger partial charge in [-0.1, -0.05) is 29.3 Å². The fraction of sp³-hybridized carbons (Fsp3) is 0.188. The van der Waals surface area contributed by atoms with Crippen LogP contribution in [0.25, 0.3) is 11.0 Å². The number of nitrogens with zero attached hydrogens (tertiary/aromatic N) is 3. The van der Waals surface area contributed by atoms with Gasteiger partial charge in [0.1, 0.15) is 5.52 Å². The van der Waals surface area contributed by atoms with Gasteiger partial charge in [0.25, 0.3) is 0 Å². The number of carboxylic acids is 1. The second-order valence-electron chi connectivity index (χ2n) is 5.41. The Hall–Kier alpha value is -2.25. The molecule has 0 aliphatic heterocycles. The molecule has 25 heavy (non-hydrogen) atoms. The van der Waals surface area contributed by atoms with Gasteiger partial charge in [0.2, 0.25) is 0 Å². The van der Waals surface area contributed by atoms with E-state index in [1.165, 1.54) is 4.68 Å². The summed E-state index contributed by atoms with van der Waals surface area (Å²) >= 11 is 12.3. The first-order chi connectivity index (χ1) is 11.7. The molecule has 5 nitrogen and oxygen atoms in total. The maximum absolute atomic E-state index is 13.8. The Morgan fingerprint density at radius 3 is 2.56 bits per heavy atom. The van der Waals surface area contributed by atoms with Crippen molar-refractivity contribution in [1.82, 2.24) is 14.8 Å². The minimum atomic E-state index is -4.05. The second-order valence-corrected chi connectivity index (χ2v) is 6.23. The van der Waals surface area contributed by atoms with E-state index in [1.807, 2.05) is 0 Å². The first kappa shape index (κ1) is 17.6. The lowest BCUT2D eigenvalue weighted by atomic mass is 10.1. The Bertz CT molecular complexity index is 969. The highest BCUT2D eigenvalue weighted by Crippen LogP contribution is 2.31. The molecule has 9 heteroatoms. The van der Waals surface area contributed by atoms with Crippen molar-refractivity contribution in [3.8, 4) is 0 Å². The van der Waals surface area contributed by atoms with E-state index >= 15 is 0 Å². The third kappa shape index (κ3) is 3.05. The van der Waals surface area contributed by atoms with E-state index in [0.29, 0.717) is 26.8 Å². The zero-order valence-electron chi connectivity index (χ0n) is 12.8. The van der Waals surface area contributed by atoms with E-state index in [-0.39, 0.29) is 12.1 Å². The number of benzene rings is 1. The monoisotopic (exact) mass is 385 g/mol. The van der Waals surface area contributed by atoms with E-state index in [1.54, 1.807) is 25.1 Å². The molecule has 0 bridgehead atoms. The van der Waals surface area contributed by atoms with E-state index in [0.717, 1.165) is 12.3 Å². The number of aliphatic carboxylic acids is 1. The summed E-state index contributed by atoms with van der Waals surface area (Å²) in [5.74, 6) is -6.29. The van der Waals surface area contributed by atoms with Crippen LogP contribution in [0.5, 0.6) is 0 Å². The Kier molecular flexibility index (Phi) is 4.38. The molecule has 2 aromatic heterocycles. The average molecular weight is 386 g/mol. The van der Waals surface area contributed by atoms with E-state index in [4.69, 9.17) is 28.3 Å². The highest BCUT2D eigenvalue weighted by atomic mass is 35.5. The van der Waals surface area contributed by atoms with Crippen LogP contribution in [0.15, 0.2) is 30.5 Å². The van der Waals surface area contributed by atoms with Gasteiger partial charge in [0, 0.05) is 21.8 Å². The van der Waals surface area contributed by atoms with Crippen molar-refractivity contribution in [3.63, 3.8) is 0 Å². The Balaban J connectivity index is 2.14. The topological polar surface area (TPSA) is 68.0 Å². The van der Waals surface area contributed by atoms with Gasteiger partial charge in [0.05, 0.1) is 23.3 Å². The molecule has 1 N–H and O–H groups in total. The predicted octanol–water partition coefficient (Wildman–Crippen LogP) is 4.27. The predicted molar refractivity (Wildman–Crippen MR) is 89.4 cm³/mol. The molecule has 2 heterocycles. The largest absolute Gasteiger partial charge is 0.477 e. The maximum atomic E-state index is 13.8. The average Bonchev–Trinajstić information content (AvgIpc) is 2.86. The summed E-state index contributed by atoms with van der Waals surface area (Å²) in [7, 11) is 0. The molecule has 0 aliphatic carbocycles. The quantitative estimate of drug-likeness (QED) is 0.727. The summed E-state index contributed by atoms with van der Waals surface area (Å²) in [6, 6.07) is 6.07. The van der Waals surface area contributed by atoms with Crippen molar-refractivity contribution in [2.45, 2.75) is 19.4 Å². The molecule has 130 valence electrons. The lowest BCUT2D eigenvalue weighted by Crippen LogP contribution is -2.25. The molecule has 0 amide bonds. The summed E-state index contributed by atoms with van der Waals surface area (Å²) in [5, 5.41) is 13.8. The molecule has 0 atom stereocenters. The first-order valence-electron chi connectivity index (χ1n) is 7.09. The number of hydrogen-bond acceptors (Lipinski definition) is 3. The van der Waals surface area contributed by atoms with Crippen LogP contribution in [0, 0.1) is 6.92 Å². The third-order valence-electron chi connectivity index (χ3n) is 3.76. The Labute approximate surface area is 150 Å². The number of carbonyl (C=O) groups is 1. The first-order valence-corrected chi connectivity index (χ1v) is 7.85. The Morgan fingerprint density at radius 1 is 1.32 bits per heavy atom.